The highest BCUT2D eigenvalue weighted by atomic mass is 16.6. The Balaban J connectivity index is 0.000000183. The van der Waals surface area contributed by atoms with E-state index in [9.17, 15) is 28.8 Å². The molecule has 734 valence electrons. The van der Waals surface area contributed by atoms with E-state index in [1.165, 1.54) is 0 Å². The number of nitrogens with zero attached hydrogens (tertiary/aromatic N) is 9. The molecule has 4 aromatic heterocycles. The molecule has 26 nitrogen and oxygen atoms in total. The number of hydrogen-bond donors (Lipinski definition) is 3. The molecule has 10 heterocycles. The Morgan fingerprint density at radius 1 is 0.304 bits per heavy atom. The van der Waals surface area contributed by atoms with Gasteiger partial charge in [0.25, 0.3) is 0 Å². The molecule has 6 aliphatic rings. The fourth-order valence-corrected chi connectivity index (χ4v) is 19.9. The van der Waals surface area contributed by atoms with Crippen LogP contribution in [0.15, 0.2) is 159 Å². The molecule has 6 fully saturated rings. The monoisotopic (exact) mass is 1860 g/mol. The van der Waals surface area contributed by atoms with Crippen LogP contribution < -0.4 is 44.4 Å². The molecule has 4 aromatic carbocycles. The average molecular weight is 1860 g/mol. The molecule has 26 heteroatoms. The Labute approximate surface area is 803 Å². The van der Waals surface area contributed by atoms with Gasteiger partial charge in [-0.15, -0.1) is 0 Å². The van der Waals surface area contributed by atoms with Gasteiger partial charge in [0.05, 0.1) is 62.9 Å². The van der Waals surface area contributed by atoms with Gasteiger partial charge in [-0.2, -0.15) is 0 Å². The Hall–Kier alpha value is -10.5. The SMILES string of the molecule is COc1ccc(-c2ccc(CCOC(=O)C3CC(C)(C)N(C)C3(C)C)cc2)cc1.COc1ccc(-c2ccc(CCOC(=O)C3CC(C)(C)NC3(C)C)cc2)cc1.Cc1ccc(OC(=O)C2CC(C)(C)N(C)C2(C)C)nc1.Cc1ccc(OC(=O)C2CC(C)(C)NC2(C)C)nc1.Cc1cnc(OC(=O)C2CC(C)(C)N(C)C2(C)C)nc1.Cc1cnc(OC(=O)C2CC(C)(C)NC2(C)C)nc1. The van der Waals surface area contributed by atoms with E-state index in [1.807, 2.05) is 91.8 Å². The first-order valence-electron chi connectivity index (χ1n) is 47.2. The van der Waals surface area contributed by atoms with Crippen LogP contribution in [0.25, 0.3) is 22.3 Å². The predicted octanol–water partition coefficient (Wildman–Crippen LogP) is 18.9. The third kappa shape index (κ3) is 28.4. The van der Waals surface area contributed by atoms with Crippen molar-refractivity contribution < 1.29 is 66.7 Å². The molecule has 6 saturated heterocycles. The predicted molar refractivity (Wildman–Crippen MR) is 530 cm³/mol. The van der Waals surface area contributed by atoms with Crippen LogP contribution in [-0.4, -0.2) is 195 Å². The molecule has 0 bridgehead atoms. The number of hydrogen-bond acceptors (Lipinski definition) is 26. The lowest BCUT2D eigenvalue weighted by atomic mass is 9.87. The summed E-state index contributed by atoms with van der Waals surface area (Å²) in [6.45, 7) is 59.0. The van der Waals surface area contributed by atoms with Crippen molar-refractivity contribution in [2.45, 2.75) is 312 Å². The number of carbonyl (C=O) groups is 6. The summed E-state index contributed by atoms with van der Waals surface area (Å²) in [6, 6.07) is 40.4. The highest BCUT2D eigenvalue weighted by Crippen LogP contribution is 2.48. The summed E-state index contributed by atoms with van der Waals surface area (Å²) in [5.41, 5.74) is 9.29. The molecule has 14 rings (SSSR count). The van der Waals surface area contributed by atoms with Gasteiger partial charge in [-0.1, -0.05) is 84.9 Å². The lowest BCUT2D eigenvalue weighted by molar-refractivity contribution is -0.151. The summed E-state index contributed by atoms with van der Waals surface area (Å²) < 4.78 is 43.2. The quantitative estimate of drug-likeness (QED) is 0.0597. The number of rotatable bonds is 20. The topological polar surface area (TPSA) is 299 Å². The normalized spacial score (nSPS) is 22.6. The van der Waals surface area contributed by atoms with Crippen molar-refractivity contribution in [2.24, 2.45) is 35.5 Å². The molecule has 0 radical (unpaired) electrons. The number of benzene rings is 4. The maximum Gasteiger partial charge on any atom is 0.324 e. The van der Waals surface area contributed by atoms with Crippen LogP contribution in [-0.2, 0) is 51.1 Å². The number of ether oxygens (including phenoxy) is 8. The maximum absolute atomic E-state index is 12.7. The lowest BCUT2D eigenvalue weighted by Crippen LogP contribution is -2.48. The first kappa shape index (κ1) is 108. The summed E-state index contributed by atoms with van der Waals surface area (Å²) >= 11 is 0. The van der Waals surface area contributed by atoms with Crippen LogP contribution in [0, 0.1) is 63.2 Å². The van der Waals surface area contributed by atoms with E-state index < -0.39 is 0 Å². The van der Waals surface area contributed by atoms with Gasteiger partial charge >= 0.3 is 47.8 Å². The van der Waals surface area contributed by atoms with Gasteiger partial charge in [-0.05, 0) is 333 Å². The van der Waals surface area contributed by atoms with Crippen LogP contribution in [0.2, 0.25) is 0 Å². The number of aryl methyl sites for hydroxylation is 4. The molecule has 6 atom stereocenters. The molecular formula is C109H154N12O14. The molecule has 6 aliphatic heterocycles. The molecule has 8 aromatic rings. The second-order valence-corrected chi connectivity index (χ2v) is 44.6. The van der Waals surface area contributed by atoms with E-state index in [-0.39, 0.29) is 150 Å². The van der Waals surface area contributed by atoms with Crippen molar-refractivity contribution in [3.05, 3.63) is 192 Å². The van der Waals surface area contributed by atoms with E-state index in [4.69, 9.17) is 37.9 Å². The lowest BCUT2D eigenvalue weighted by Gasteiger charge is -2.37. The van der Waals surface area contributed by atoms with E-state index >= 15 is 0 Å². The number of esters is 6. The van der Waals surface area contributed by atoms with E-state index in [1.54, 1.807) is 63.5 Å². The van der Waals surface area contributed by atoms with Crippen LogP contribution in [0.3, 0.4) is 0 Å². The van der Waals surface area contributed by atoms with Crippen molar-refractivity contribution in [2.75, 3.05) is 48.6 Å². The van der Waals surface area contributed by atoms with Crippen LogP contribution >= 0.6 is 0 Å². The van der Waals surface area contributed by atoms with Crippen molar-refractivity contribution in [3.63, 3.8) is 0 Å². The largest absolute Gasteiger partial charge is 0.497 e. The zero-order valence-electron chi connectivity index (χ0n) is 86.8. The van der Waals surface area contributed by atoms with Crippen LogP contribution in [0.5, 0.6) is 35.3 Å². The third-order valence-corrected chi connectivity index (χ3v) is 28.5. The molecular weight excluding hydrogens is 1700 g/mol. The summed E-state index contributed by atoms with van der Waals surface area (Å²) in [5, 5.41) is 10.5. The minimum Gasteiger partial charge on any atom is -0.497 e. The van der Waals surface area contributed by atoms with Gasteiger partial charge < -0.3 is 53.8 Å². The highest BCUT2D eigenvalue weighted by molar-refractivity contribution is 5.80. The fraction of sp³-hybridized carbons (Fsp3) is 0.560. The summed E-state index contributed by atoms with van der Waals surface area (Å²) in [7, 11) is 9.55. The van der Waals surface area contributed by atoms with Gasteiger partial charge in [0, 0.05) is 129 Å². The zero-order chi connectivity index (χ0) is 100. The Kier molecular flexibility index (Phi) is 34.5. The first-order chi connectivity index (χ1) is 62.5. The number of methoxy groups -OCH3 is 2. The summed E-state index contributed by atoms with van der Waals surface area (Å²) in [5.74, 6) is 0.445. The highest BCUT2D eigenvalue weighted by Gasteiger charge is 2.57. The Morgan fingerprint density at radius 3 is 0.800 bits per heavy atom. The fourth-order valence-electron chi connectivity index (χ4n) is 19.9. The Bertz CT molecular complexity index is 5120. The van der Waals surface area contributed by atoms with Gasteiger partial charge in [0.1, 0.15) is 11.5 Å². The minimum absolute atomic E-state index is 0.00444. The first-order valence-corrected chi connectivity index (χ1v) is 47.2. The average Bonchev–Trinajstić information content (AvgIpc) is 1.60. The smallest absolute Gasteiger partial charge is 0.324 e. The molecule has 0 spiro atoms. The van der Waals surface area contributed by atoms with Crippen LogP contribution in [0.4, 0.5) is 0 Å². The Morgan fingerprint density at radius 2 is 0.548 bits per heavy atom. The third-order valence-electron chi connectivity index (χ3n) is 28.5. The number of pyridine rings is 2. The van der Waals surface area contributed by atoms with E-state index in [2.05, 4.69) is 293 Å². The molecule has 135 heavy (non-hydrogen) atoms. The van der Waals surface area contributed by atoms with Crippen molar-refractivity contribution in [1.82, 2.24) is 60.6 Å². The minimum atomic E-state index is -0.286. The zero-order valence-corrected chi connectivity index (χ0v) is 86.8. The van der Waals surface area contributed by atoms with Crippen molar-refractivity contribution >= 4 is 35.8 Å². The molecule has 3 N–H and O–H groups in total. The van der Waals surface area contributed by atoms with Gasteiger partial charge in [0.2, 0.25) is 11.8 Å². The second kappa shape index (κ2) is 43.1. The van der Waals surface area contributed by atoms with Gasteiger partial charge in [-0.3, -0.25) is 43.5 Å². The molecule has 0 aliphatic carbocycles. The number of likely N-dealkylation sites (tertiary alicyclic amines) is 3. The number of carbonyl (C=O) groups excluding carboxylic acids is 6. The van der Waals surface area contributed by atoms with Gasteiger partial charge in [-0.25, -0.2) is 29.9 Å². The van der Waals surface area contributed by atoms with Gasteiger partial charge in [0.15, 0.2) is 0 Å². The number of nitrogens with one attached hydrogen (secondary N) is 3. The molecule has 0 amide bonds. The van der Waals surface area contributed by atoms with E-state index in [0.717, 1.165) is 119 Å². The summed E-state index contributed by atoms with van der Waals surface area (Å²) in [6.07, 6.45) is 16.1. The molecule has 0 saturated carbocycles. The second-order valence-electron chi connectivity index (χ2n) is 44.6. The number of aromatic nitrogens is 6. The molecule has 6 unspecified atom stereocenters. The van der Waals surface area contributed by atoms with Crippen LogP contribution in [0.1, 0.15) is 238 Å². The van der Waals surface area contributed by atoms with Crippen molar-refractivity contribution in [1.29, 1.82) is 0 Å². The van der Waals surface area contributed by atoms with Crippen molar-refractivity contribution in [3.8, 4) is 57.5 Å². The maximum atomic E-state index is 12.7. The van der Waals surface area contributed by atoms with E-state index in [0.29, 0.717) is 25.0 Å². The summed E-state index contributed by atoms with van der Waals surface area (Å²) in [4.78, 5) is 106. The standard InChI is InChI=1S/C25H33NO3.C24H31NO3.C16H24N2O2.C15H23N3O2.C15H22N2O2.C14H21N3O2/c1-24(2)17-22(25(3,4)26(24)5)23(27)29-16-15-18-7-9-19(10-8-18)20-11-13-21(28-6)14-12-20;1-23(2)16-21(24(3,4)25-23)22(26)28-15-14-17-6-8-18(9-7-17)19-10-12-20(27-5)13-11-19;1-11-7-8-13(17-10-11)20-14(19)12-9-15(2,3)18(6)16(12,4)5;1-10-8-16-13(17-9-10)20-12(19)11-7-14(2,3)18(6)15(11,4)5;1-10-6-7-12(16-9-10)19-13(18)11-8-14(2,3)17-15(11,4)5;1-9-7-15-12(16-8-9)19-11(18)10-6-13(2,3)17-14(10,4)5/h7-14,22H,15-17H2,1-6H3;6-13,21,25H,14-16H2,1-5H3;7-8,10,12H,9H2,1-6H3;8-9,11H,7H2,1-6H3;6-7,9,11,17H,8H2,1-5H3;7-8,10,17H,6H2,1-5H3.